The largest absolute Gasteiger partial charge is 0.386 e. The van der Waals surface area contributed by atoms with Crippen molar-refractivity contribution in [2.45, 2.75) is 33.6 Å². The number of hydrogen-bond donors (Lipinski definition) is 2. The predicted molar refractivity (Wildman–Crippen MR) is 128 cm³/mol. The quantitative estimate of drug-likeness (QED) is 0.756. The van der Waals surface area contributed by atoms with E-state index >= 15 is 0 Å². The first-order valence-corrected chi connectivity index (χ1v) is 11.0. The molecule has 1 aromatic carbocycles. The fourth-order valence-corrected chi connectivity index (χ4v) is 3.93. The standard InChI is InChI=1S/C22H32N6.C2H6/c1-16-5-7-18(8-6-16)20(24-2)21(19-9-12-25-22(23)26-19)28-13-10-17(11-14-28)15-27(3)4;1-2/h5-9,12,17,24H,10-11,13-15H2,1-4H3,(H2,23,25,26);1-2H3/b21-20-;. The highest BCUT2D eigenvalue weighted by atomic mass is 15.2. The number of rotatable bonds is 6. The molecule has 2 heterocycles. The third-order valence-electron chi connectivity index (χ3n) is 5.30. The summed E-state index contributed by atoms with van der Waals surface area (Å²) in [5, 5.41) is 3.43. The van der Waals surface area contributed by atoms with E-state index in [1.807, 2.05) is 27.0 Å². The van der Waals surface area contributed by atoms with E-state index in [-0.39, 0.29) is 0 Å². The van der Waals surface area contributed by atoms with E-state index in [1.54, 1.807) is 6.20 Å². The Balaban J connectivity index is 0.00000155. The third-order valence-corrected chi connectivity index (χ3v) is 5.30. The van der Waals surface area contributed by atoms with Crippen molar-refractivity contribution in [2.24, 2.45) is 5.92 Å². The van der Waals surface area contributed by atoms with Crippen LogP contribution in [0.4, 0.5) is 5.95 Å². The molecule has 30 heavy (non-hydrogen) atoms. The molecule has 1 saturated heterocycles. The van der Waals surface area contributed by atoms with E-state index in [2.05, 4.69) is 70.4 Å². The first-order chi connectivity index (χ1) is 14.5. The smallest absolute Gasteiger partial charge is 0.220 e. The minimum Gasteiger partial charge on any atom is -0.386 e. The molecule has 0 amide bonds. The number of likely N-dealkylation sites (tertiary alicyclic amines) is 1. The fraction of sp³-hybridized carbons (Fsp3) is 0.500. The van der Waals surface area contributed by atoms with Gasteiger partial charge in [0.05, 0.1) is 17.1 Å². The molecule has 1 aliphatic rings. The summed E-state index contributed by atoms with van der Waals surface area (Å²) in [6.07, 6.45) is 4.08. The van der Waals surface area contributed by atoms with Crippen molar-refractivity contribution in [1.82, 2.24) is 25.1 Å². The zero-order valence-corrected chi connectivity index (χ0v) is 19.4. The van der Waals surface area contributed by atoms with Crippen LogP contribution in [0, 0.1) is 12.8 Å². The lowest BCUT2D eigenvalue weighted by Gasteiger charge is -2.37. The van der Waals surface area contributed by atoms with Gasteiger partial charge in [-0.05, 0) is 51.4 Å². The van der Waals surface area contributed by atoms with Gasteiger partial charge in [-0.15, -0.1) is 0 Å². The number of hydrogen-bond acceptors (Lipinski definition) is 6. The molecule has 0 bridgehead atoms. The van der Waals surface area contributed by atoms with Crippen molar-refractivity contribution in [2.75, 3.05) is 46.5 Å². The van der Waals surface area contributed by atoms with Gasteiger partial charge in [-0.2, -0.15) is 0 Å². The lowest BCUT2D eigenvalue weighted by Crippen LogP contribution is -2.37. The van der Waals surface area contributed by atoms with Crippen LogP contribution in [0.2, 0.25) is 0 Å². The van der Waals surface area contributed by atoms with Crippen molar-refractivity contribution in [3.8, 4) is 0 Å². The van der Waals surface area contributed by atoms with Crippen LogP contribution in [0.15, 0.2) is 36.5 Å². The van der Waals surface area contributed by atoms with Crippen molar-refractivity contribution in [3.63, 3.8) is 0 Å². The van der Waals surface area contributed by atoms with Crippen molar-refractivity contribution in [3.05, 3.63) is 53.3 Å². The summed E-state index contributed by atoms with van der Waals surface area (Å²) in [6, 6.07) is 10.5. The molecule has 1 fully saturated rings. The van der Waals surface area contributed by atoms with Crippen LogP contribution in [0.25, 0.3) is 11.4 Å². The van der Waals surface area contributed by atoms with E-state index in [0.29, 0.717) is 5.95 Å². The minimum absolute atomic E-state index is 0.303. The number of nitrogen functional groups attached to an aromatic ring is 1. The molecule has 6 nitrogen and oxygen atoms in total. The summed E-state index contributed by atoms with van der Waals surface area (Å²) in [6.45, 7) is 9.27. The highest BCUT2D eigenvalue weighted by Crippen LogP contribution is 2.31. The van der Waals surface area contributed by atoms with Crippen LogP contribution in [-0.2, 0) is 0 Å². The molecule has 2 aromatic rings. The van der Waals surface area contributed by atoms with Gasteiger partial charge in [0.1, 0.15) is 0 Å². The molecule has 3 N–H and O–H groups in total. The Morgan fingerprint density at radius 1 is 1.13 bits per heavy atom. The summed E-state index contributed by atoms with van der Waals surface area (Å²) in [5.41, 5.74) is 11.3. The van der Waals surface area contributed by atoms with Gasteiger partial charge in [-0.3, -0.25) is 0 Å². The maximum atomic E-state index is 5.91. The van der Waals surface area contributed by atoms with E-state index in [4.69, 9.17) is 5.73 Å². The SMILES string of the molecule is CC.CN/C(=C(/c1ccnc(N)n1)N1CCC(CN(C)C)CC1)c1ccc(C)cc1. The van der Waals surface area contributed by atoms with Gasteiger partial charge in [0.25, 0.3) is 0 Å². The zero-order chi connectivity index (χ0) is 22.1. The monoisotopic (exact) mass is 410 g/mol. The molecule has 0 spiro atoms. The molecule has 164 valence electrons. The Hall–Kier alpha value is -2.60. The predicted octanol–water partition coefficient (Wildman–Crippen LogP) is 3.71. The number of benzene rings is 1. The summed E-state index contributed by atoms with van der Waals surface area (Å²) in [7, 11) is 6.27. The van der Waals surface area contributed by atoms with Gasteiger partial charge < -0.3 is 20.9 Å². The maximum absolute atomic E-state index is 5.91. The Kier molecular flexibility index (Phi) is 9.12. The lowest BCUT2D eigenvalue weighted by atomic mass is 9.95. The number of aryl methyl sites for hydroxylation is 1. The highest BCUT2D eigenvalue weighted by Gasteiger charge is 2.25. The van der Waals surface area contributed by atoms with Crippen LogP contribution in [0.3, 0.4) is 0 Å². The van der Waals surface area contributed by atoms with Gasteiger partial charge in [0.2, 0.25) is 5.95 Å². The van der Waals surface area contributed by atoms with E-state index in [9.17, 15) is 0 Å². The molecule has 6 heteroatoms. The summed E-state index contributed by atoms with van der Waals surface area (Å²) >= 11 is 0. The second kappa shape index (κ2) is 11.6. The number of piperidine rings is 1. The van der Waals surface area contributed by atoms with Crippen LogP contribution in [0.1, 0.15) is 43.5 Å². The second-order valence-electron chi connectivity index (χ2n) is 7.83. The number of nitrogens with two attached hydrogens (primary N) is 1. The van der Waals surface area contributed by atoms with Crippen LogP contribution in [0.5, 0.6) is 0 Å². The molecule has 0 aliphatic carbocycles. The number of nitrogens with zero attached hydrogens (tertiary/aromatic N) is 4. The Morgan fingerprint density at radius 2 is 1.77 bits per heavy atom. The first kappa shape index (κ1) is 23.7. The van der Waals surface area contributed by atoms with E-state index in [1.165, 1.54) is 18.4 Å². The van der Waals surface area contributed by atoms with Crippen LogP contribution in [-0.4, -0.2) is 60.5 Å². The van der Waals surface area contributed by atoms with Crippen LogP contribution >= 0.6 is 0 Å². The van der Waals surface area contributed by atoms with Crippen molar-refractivity contribution >= 4 is 17.3 Å². The fourth-order valence-electron chi connectivity index (χ4n) is 3.93. The van der Waals surface area contributed by atoms with Gasteiger partial charge in [0, 0.05) is 32.9 Å². The maximum Gasteiger partial charge on any atom is 0.220 e. The summed E-state index contributed by atoms with van der Waals surface area (Å²) in [5.74, 6) is 1.04. The van der Waals surface area contributed by atoms with Gasteiger partial charge >= 0.3 is 0 Å². The van der Waals surface area contributed by atoms with Crippen LogP contribution < -0.4 is 11.1 Å². The van der Waals surface area contributed by atoms with Gasteiger partial charge in [-0.1, -0.05) is 43.7 Å². The summed E-state index contributed by atoms with van der Waals surface area (Å²) < 4.78 is 0. The van der Waals surface area contributed by atoms with Gasteiger partial charge in [0.15, 0.2) is 0 Å². The molecule has 0 radical (unpaired) electrons. The molecule has 0 atom stereocenters. The van der Waals surface area contributed by atoms with Gasteiger partial charge in [-0.25, -0.2) is 9.97 Å². The third kappa shape index (κ3) is 6.20. The number of aromatic nitrogens is 2. The van der Waals surface area contributed by atoms with E-state index in [0.717, 1.165) is 48.2 Å². The number of nitrogens with one attached hydrogen (secondary N) is 1. The Morgan fingerprint density at radius 3 is 2.30 bits per heavy atom. The Bertz CT molecular complexity index is 805. The number of anilines is 1. The average molecular weight is 411 g/mol. The molecule has 1 aromatic heterocycles. The molecule has 1 aliphatic heterocycles. The topological polar surface area (TPSA) is 70.3 Å². The minimum atomic E-state index is 0.303. The average Bonchev–Trinajstić information content (AvgIpc) is 2.74. The zero-order valence-electron chi connectivity index (χ0n) is 19.4. The van der Waals surface area contributed by atoms with Crippen molar-refractivity contribution < 1.29 is 0 Å². The molecule has 0 saturated carbocycles. The molecule has 0 unspecified atom stereocenters. The van der Waals surface area contributed by atoms with E-state index < -0.39 is 0 Å². The lowest BCUT2D eigenvalue weighted by molar-refractivity contribution is 0.212. The summed E-state index contributed by atoms with van der Waals surface area (Å²) in [4.78, 5) is 13.4. The Labute approximate surface area is 182 Å². The molecule has 3 rings (SSSR count). The highest BCUT2D eigenvalue weighted by molar-refractivity contribution is 5.88. The molecular formula is C24H38N6. The molecular weight excluding hydrogens is 372 g/mol. The normalized spacial score (nSPS) is 15.4. The first-order valence-electron chi connectivity index (χ1n) is 11.0. The van der Waals surface area contributed by atoms with Crippen molar-refractivity contribution in [1.29, 1.82) is 0 Å². The second-order valence-corrected chi connectivity index (χ2v) is 7.83.